The zero-order valence-corrected chi connectivity index (χ0v) is 11.6. The van der Waals surface area contributed by atoms with E-state index in [1.165, 1.54) is 0 Å². The molecular weight excluding hydrogens is 276 g/mol. The topological polar surface area (TPSA) is 51.2 Å². The summed E-state index contributed by atoms with van der Waals surface area (Å²) in [6.45, 7) is 2.17. The molecule has 1 unspecified atom stereocenters. The van der Waals surface area contributed by atoms with Crippen molar-refractivity contribution in [2.45, 2.75) is 12.8 Å². The summed E-state index contributed by atoms with van der Waals surface area (Å²) in [6.07, 6.45) is 0. The maximum Gasteiger partial charge on any atom is 0.235 e. The van der Waals surface area contributed by atoms with Gasteiger partial charge in [-0.05, 0) is 25.1 Å². The zero-order valence-electron chi connectivity index (χ0n) is 10.9. The fraction of sp³-hybridized carbons (Fsp3) is 0.200. The lowest BCUT2D eigenvalue weighted by Gasteiger charge is -2.11. The van der Waals surface area contributed by atoms with Gasteiger partial charge in [-0.25, -0.2) is 4.98 Å². The molecule has 2 aromatic rings. The summed E-state index contributed by atoms with van der Waals surface area (Å²) in [4.78, 5) is 16.5. The second-order valence-corrected chi connectivity index (χ2v) is 5.04. The van der Waals surface area contributed by atoms with Crippen LogP contribution in [0.25, 0.3) is 0 Å². The number of carbonyl (C=O) groups is 1. The summed E-state index contributed by atoms with van der Waals surface area (Å²) in [7, 11) is 0. The van der Waals surface area contributed by atoms with Gasteiger partial charge in [-0.3, -0.25) is 4.79 Å². The third-order valence-electron chi connectivity index (χ3n) is 3.33. The number of pyridine rings is 1. The molecule has 1 amide bonds. The Hall–Kier alpha value is -2.07. The van der Waals surface area contributed by atoms with Crippen LogP contribution >= 0.6 is 11.6 Å². The number of nitrogens with one attached hydrogen (secondary N) is 1. The molecule has 1 aliphatic heterocycles. The summed E-state index contributed by atoms with van der Waals surface area (Å²) >= 11 is 5.80. The quantitative estimate of drug-likeness (QED) is 0.864. The zero-order chi connectivity index (χ0) is 14.1. The van der Waals surface area contributed by atoms with Gasteiger partial charge in [0.05, 0.1) is 11.4 Å². The third kappa shape index (κ3) is 2.34. The monoisotopic (exact) mass is 288 g/mol. The van der Waals surface area contributed by atoms with Gasteiger partial charge in [-0.1, -0.05) is 29.8 Å². The van der Waals surface area contributed by atoms with Crippen molar-refractivity contribution in [2.24, 2.45) is 0 Å². The van der Waals surface area contributed by atoms with Gasteiger partial charge in [0.1, 0.15) is 23.4 Å². The molecule has 0 saturated heterocycles. The maximum absolute atomic E-state index is 12.4. The Kier molecular flexibility index (Phi) is 3.32. The van der Waals surface area contributed by atoms with E-state index in [1.807, 2.05) is 24.3 Å². The van der Waals surface area contributed by atoms with Crippen LogP contribution in [0.3, 0.4) is 0 Å². The number of nitrogens with zero attached hydrogens (tertiary/aromatic N) is 1. The lowest BCUT2D eigenvalue weighted by atomic mass is 10.0. The normalized spacial score (nSPS) is 16.4. The van der Waals surface area contributed by atoms with Crippen molar-refractivity contribution in [3.05, 3.63) is 52.8 Å². The summed E-state index contributed by atoms with van der Waals surface area (Å²) < 4.78 is 5.52. The van der Waals surface area contributed by atoms with Crippen LogP contribution in [0.1, 0.15) is 17.2 Å². The summed E-state index contributed by atoms with van der Waals surface area (Å²) in [5.41, 5.74) is 2.28. The van der Waals surface area contributed by atoms with E-state index in [1.54, 1.807) is 19.1 Å². The molecule has 0 spiro atoms. The first-order valence-electron chi connectivity index (χ1n) is 6.31. The number of fused-ring (bicyclic) bond motifs is 1. The number of anilines is 1. The van der Waals surface area contributed by atoms with Crippen molar-refractivity contribution < 1.29 is 9.53 Å². The standard InChI is InChI=1S/C15H13ClN2O2/c1-9-12(6-7-14(16)17-9)18-15(19)11-8-20-13-5-3-2-4-10(11)13/h2-7,11H,8H2,1H3,(H,18,19). The van der Waals surface area contributed by atoms with Crippen molar-refractivity contribution >= 4 is 23.2 Å². The molecule has 0 bridgehead atoms. The lowest BCUT2D eigenvalue weighted by Crippen LogP contribution is -2.22. The maximum atomic E-state index is 12.4. The molecule has 0 saturated carbocycles. The number of benzene rings is 1. The van der Waals surface area contributed by atoms with Crippen LogP contribution in [0, 0.1) is 6.92 Å². The van der Waals surface area contributed by atoms with Gasteiger partial charge in [0.2, 0.25) is 5.91 Å². The van der Waals surface area contributed by atoms with Crippen molar-refractivity contribution in [3.63, 3.8) is 0 Å². The number of amides is 1. The first-order valence-corrected chi connectivity index (χ1v) is 6.68. The number of aryl methyl sites for hydroxylation is 1. The number of hydrogen-bond donors (Lipinski definition) is 1. The average Bonchev–Trinajstić information content (AvgIpc) is 2.86. The van der Waals surface area contributed by atoms with Gasteiger partial charge in [0.25, 0.3) is 0 Å². The molecule has 20 heavy (non-hydrogen) atoms. The van der Waals surface area contributed by atoms with E-state index < -0.39 is 0 Å². The summed E-state index contributed by atoms with van der Waals surface area (Å²) in [5, 5.41) is 3.29. The number of para-hydroxylation sites is 1. The van der Waals surface area contributed by atoms with Crippen molar-refractivity contribution in [1.82, 2.24) is 4.98 Å². The molecule has 0 aliphatic carbocycles. The predicted molar refractivity (Wildman–Crippen MR) is 77.3 cm³/mol. The van der Waals surface area contributed by atoms with Crippen LogP contribution in [-0.4, -0.2) is 17.5 Å². The molecule has 4 nitrogen and oxygen atoms in total. The van der Waals surface area contributed by atoms with Crippen molar-refractivity contribution in [1.29, 1.82) is 0 Å². The van der Waals surface area contributed by atoms with Gasteiger partial charge < -0.3 is 10.1 Å². The second kappa shape index (κ2) is 5.13. The van der Waals surface area contributed by atoms with Gasteiger partial charge in [0, 0.05) is 5.56 Å². The highest BCUT2D eigenvalue weighted by atomic mass is 35.5. The van der Waals surface area contributed by atoms with Crippen molar-refractivity contribution in [2.75, 3.05) is 11.9 Å². The second-order valence-electron chi connectivity index (χ2n) is 4.66. The van der Waals surface area contributed by atoms with E-state index in [-0.39, 0.29) is 11.8 Å². The van der Waals surface area contributed by atoms with Crippen LogP contribution in [0.15, 0.2) is 36.4 Å². The van der Waals surface area contributed by atoms with E-state index in [2.05, 4.69) is 10.3 Å². The Morgan fingerprint density at radius 3 is 2.95 bits per heavy atom. The van der Waals surface area contributed by atoms with E-state index in [0.717, 1.165) is 11.3 Å². The number of carbonyl (C=O) groups excluding carboxylic acids is 1. The molecule has 1 aliphatic rings. The van der Waals surface area contributed by atoms with Gasteiger partial charge in [-0.2, -0.15) is 0 Å². The SMILES string of the molecule is Cc1nc(Cl)ccc1NC(=O)C1COc2ccccc21. The molecule has 1 aromatic carbocycles. The predicted octanol–water partition coefficient (Wildman–Crippen LogP) is 3.16. The summed E-state index contributed by atoms with van der Waals surface area (Å²) in [5.74, 6) is 0.391. The molecule has 5 heteroatoms. The summed E-state index contributed by atoms with van der Waals surface area (Å²) in [6, 6.07) is 11.0. The van der Waals surface area contributed by atoms with Gasteiger partial charge >= 0.3 is 0 Å². The number of hydrogen-bond acceptors (Lipinski definition) is 3. The van der Waals surface area contributed by atoms with Gasteiger partial charge in [0.15, 0.2) is 0 Å². The highest BCUT2D eigenvalue weighted by molar-refractivity contribution is 6.29. The van der Waals surface area contributed by atoms with Crippen LogP contribution in [0.5, 0.6) is 5.75 Å². The van der Waals surface area contributed by atoms with Crippen LogP contribution in [0.4, 0.5) is 5.69 Å². The van der Waals surface area contributed by atoms with E-state index in [0.29, 0.717) is 23.1 Å². The number of aromatic nitrogens is 1. The molecule has 0 radical (unpaired) electrons. The smallest absolute Gasteiger partial charge is 0.235 e. The molecule has 102 valence electrons. The van der Waals surface area contributed by atoms with E-state index >= 15 is 0 Å². The molecule has 1 N–H and O–H groups in total. The Balaban J connectivity index is 1.81. The Morgan fingerprint density at radius 2 is 2.15 bits per heavy atom. The minimum absolute atomic E-state index is 0.0952. The largest absolute Gasteiger partial charge is 0.492 e. The van der Waals surface area contributed by atoms with Crippen LogP contribution in [0.2, 0.25) is 5.15 Å². The van der Waals surface area contributed by atoms with E-state index in [4.69, 9.17) is 16.3 Å². The number of halogens is 1. The van der Waals surface area contributed by atoms with Crippen LogP contribution in [-0.2, 0) is 4.79 Å². The number of ether oxygens (including phenoxy) is 1. The minimum atomic E-state index is -0.290. The molecule has 3 rings (SSSR count). The average molecular weight is 289 g/mol. The lowest BCUT2D eigenvalue weighted by molar-refractivity contribution is -0.117. The van der Waals surface area contributed by atoms with E-state index in [9.17, 15) is 4.79 Å². The molecule has 2 heterocycles. The van der Waals surface area contributed by atoms with Crippen molar-refractivity contribution in [3.8, 4) is 5.75 Å². The highest BCUT2D eigenvalue weighted by Gasteiger charge is 2.30. The third-order valence-corrected chi connectivity index (χ3v) is 3.54. The Labute approximate surface area is 121 Å². The first-order chi connectivity index (χ1) is 9.65. The Bertz CT molecular complexity index is 673. The molecular formula is C15H13ClN2O2. The highest BCUT2D eigenvalue weighted by Crippen LogP contribution is 2.34. The fourth-order valence-electron chi connectivity index (χ4n) is 2.26. The Morgan fingerprint density at radius 1 is 1.35 bits per heavy atom. The van der Waals surface area contributed by atoms with Gasteiger partial charge in [-0.15, -0.1) is 0 Å². The molecule has 1 atom stereocenters. The number of rotatable bonds is 2. The minimum Gasteiger partial charge on any atom is -0.492 e. The van der Waals surface area contributed by atoms with Crippen LogP contribution < -0.4 is 10.1 Å². The molecule has 1 aromatic heterocycles. The molecule has 0 fully saturated rings. The fourth-order valence-corrected chi connectivity index (χ4v) is 2.45. The first kappa shape index (κ1) is 12.9.